The first-order chi connectivity index (χ1) is 8.25. The molecule has 0 saturated carbocycles. The molecule has 3 nitrogen and oxygen atoms in total. The molecular weight excluding hydrogens is 248 g/mol. The number of nitrogens with one attached hydrogen (secondary N) is 1. The zero-order valence-corrected chi connectivity index (χ0v) is 11.6. The largest absolute Gasteiger partial charge is 0.340 e. The Kier molecular flexibility index (Phi) is 6.16. The molecular formula is C14H21ClN2O. The SMILES string of the molecule is Cc1ccc(CCC(=O)N2CCNCC2)cc1.Cl. The average molecular weight is 269 g/mol. The summed E-state index contributed by atoms with van der Waals surface area (Å²) < 4.78 is 0. The van der Waals surface area contributed by atoms with Crippen molar-refractivity contribution < 1.29 is 4.79 Å². The Balaban J connectivity index is 0.00000162. The lowest BCUT2D eigenvalue weighted by Crippen LogP contribution is -2.46. The van der Waals surface area contributed by atoms with Crippen molar-refractivity contribution in [3.8, 4) is 0 Å². The van der Waals surface area contributed by atoms with Gasteiger partial charge in [0.05, 0.1) is 0 Å². The van der Waals surface area contributed by atoms with Gasteiger partial charge in [0.15, 0.2) is 0 Å². The van der Waals surface area contributed by atoms with Gasteiger partial charge < -0.3 is 10.2 Å². The molecule has 1 saturated heterocycles. The molecule has 1 N–H and O–H groups in total. The third kappa shape index (κ3) is 4.31. The summed E-state index contributed by atoms with van der Waals surface area (Å²) in [6.45, 7) is 5.64. The first-order valence-corrected chi connectivity index (χ1v) is 6.30. The van der Waals surface area contributed by atoms with Gasteiger partial charge >= 0.3 is 0 Å². The van der Waals surface area contributed by atoms with Gasteiger partial charge in [-0.05, 0) is 18.9 Å². The number of carbonyl (C=O) groups is 1. The van der Waals surface area contributed by atoms with E-state index in [1.165, 1.54) is 11.1 Å². The van der Waals surface area contributed by atoms with Gasteiger partial charge in [0, 0.05) is 32.6 Å². The molecule has 2 rings (SSSR count). The smallest absolute Gasteiger partial charge is 0.222 e. The molecule has 1 amide bonds. The van der Waals surface area contributed by atoms with Crippen LogP contribution in [0.15, 0.2) is 24.3 Å². The number of hydrogen-bond donors (Lipinski definition) is 1. The van der Waals surface area contributed by atoms with Gasteiger partial charge in [0.25, 0.3) is 0 Å². The normalized spacial score (nSPS) is 15.1. The van der Waals surface area contributed by atoms with Gasteiger partial charge in [-0.2, -0.15) is 0 Å². The topological polar surface area (TPSA) is 32.3 Å². The van der Waals surface area contributed by atoms with Crippen LogP contribution < -0.4 is 5.32 Å². The minimum absolute atomic E-state index is 0. The number of rotatable bonds is 3. The summed E-state index contributed by atoms with van der Waals surface area (Å²) in [6, 6.07) is 8.43. The monoisotopic (exact) mass is 268 g/mol. The number of carbonyl (C=O) groups excluding carboxylic acids is 1. The molecule has 1 aliphatic heterocycles. The predicted octanol–water partition coefficient (Wildman–Crippen LogP) is 1.78. The summed E-state index contributed by atoms with van der Waals surface area (Å²) in [4.78, 5) is 13.9. The Morgan fingerprint density at radius 3 is 2.44 bits per heavy atom. The van der Waals surface area contributed by atoms with Crippen LogP contribution in [0.1, 0.15) is 17.5 Å². The number of aryl methyl sites for hydroxylation is 2. The molecule has 0 radical (unpaired) electrons. The summed E-state index contributed by atoms with van der Waals surface area (Å²) >= 11 is 0. The molecule has 4 heteroatoms. The zero-order chi connectivity index (χ0) is 12.1. The summed E-state index contributed by atoms with van der Waals surface area (Å²) in [7, 11) is 0. The molecule has 0 aromatic heterocycles. The molecule has 1 aromatic rings. The van der Waals surface area contributed by atoms with Crippen LogP contribution in [0.3, 0.4) is 0 Å². The minimum Gasteiger partial charge on any atom is -0.340 e. The second kappa shape index (κ2) is 7.39. The maximum Gasteiger partial charge on any atom is 0.222 e. The number of nitrogens with zero attached hydrogens (tertiary/aromatic N) is 1. The van der Waals surface area contributed by atoms with Crippen LogP contribution in [-0.4, -0.2) is 37.0 Å². The van der Waals surface area contributed by atoms with E-state index < -0.39 is 0 Å². The Hall–Kier alpha value is -1.06. The maximum absolute atomic E-state index is 11.9. The van der Waals surface area contributed by atoms with Gasteiger partial charge in [-0.25, -0.2) is 0 Å². The second-order valence-electron chi connectivity index (χ2n) is 4.62. The van der Waals surface area contributed by atoms with Crippen LogP contribution in [0.2, 0.25) is 0 Å². The highest BCUT2D eigenvalue weighted by Crippen LogP contribution is 2.07. The summed E-state index contributed by atoms with van der Waals surface area (Å²) in [6.07, 6.45) is 1.48. The molecule has 100 valence electrons. The van der Waals surface area contributed by atoms with E-state index >= 15 is 0 Å². The lowest BCUT2D eigenvalue weighted by molar-refractivity contribution is -0.131. The predicted molar refractivity (Wildman–Crippen MR) is 76.2 cm³/mol. The highest BCUT2D eigenvalue weighted by atomic mass is 35.5. The Morgan fingerprint density at radius 1 is 1.22 bits per heavy atom. The van der Waals surface area contributed by atoms with E-state index in [0.717, 1.165) is 32.6 Å². The zero-order valence-electron chi connectivity index (χ0n) is 10.8. The lowest BCUT2D eigenvalue weighted by atomic mass is 10.1. The van der Waals surface area contributed by atoms with Gasteiger partial charge in [0.1, 0.15) is 0 Å². The van der Waals surface area contributed by atoms with E-state index in [9.17, 15) is 4.79 Å². The average Bonchev–Trinajstić information content (AvgIpc) is 2.39. The molecule has 0 spiro atoms. The van der Waals surface area contributed by atoms with Crippen molar-refractivity contribution in [3.63, 3.8) is 0 Å². The van der Waals surface area contributed by atoms with Gasteiger partial charge in [-0.15, -0.1) is 12.4 Å². The number of piperazine rings is 1. The van der Waals surface area contributed by atoms with Crippen molar-refractivity contribution in [2.24, 2.45) is 0 Å². The van der Waals surface area contributed by atoms with Crippen LogP contribution in [0, 0.1) is 6.92 Å². The van der Waals surface area contributed by atoms with Crippen molar-refractivity contribution >= 4 is 18.3 Å². The van der Waals surface area contributed by atoms with E-state index in [0.29, 0.717) is 6.42 Å². The fraction of sp³-hybridized carbons (Fsp3) is 0.500. The van der Waals surface area contributed by atoms with Crippen molar-refractivity contribution in [1.82, 2.24) is 10.2 Å². The summed E-state index contributed by atoms with van der Waals surface area (Å²) in [5.41, 5.74) is 2.52. The molecule has 0 unspecified atom stereocenters. The number of halogens is 1. The van der Waals surface area contributed by atoms with Crippen LogP contribution in [0.4, 0.5) is 0 Å². The van der Waals surface area contributed by atoms with Gasteiger partial charge in [-0.1, -0.05) is 29.8 Å². The van der Waals surface area contributed by atoms with Crippen LogP contribution in [0.25, 0.3) is 0 Å². The van der Waals surface area contributed by atoms with E-state index in [-0.39, 0.29) is 18.3 Å². The summed E-state index contributed by atoms with van der Waals surface area (Å²) in [5.74, 6) is 0.284. The number of benzene rings is 1. The van der Waals surface area contributed by atoms with Crippen molar-refractivity contribution in [3.05, 3.63) is 35.4 Å². The molecule has 1 fully saturated rings. The number of hydrogen-bond acceptors (Lipinski definition) is 2. The third-order valence-electron chi connectivity index (χ3n) is 3.22. The molecule has 1 heterocycles. The molecule has 0 bridgehead atoms. The van der Waals surface area contributed by atoms with Crippen LogP contribution >= 0.6 is 12.4 Å². The Labute approximate surface area is 115 Å². The van der Waals surface area contributed by atoms with Gasteiger partial charge in [0.2, 0.25) is 5.91 Å². The van der Waals surface area contributed by atoms with Gasteiger partial charge in [-0.3, -0.25) is 4.79 Å². The molecule has 18 heavy (non-hydrogen) atoms. The van der Waals surface area contributed by atoms with E-state index in [1.54, 1.807) is 0 Å². The summed E-state index contributed by atoms with van der Waals surface area (Å²) in [5, 5.41) is 3.26. The molecule has 1 aromatic carbocycles. The number of amides is 1. The van der Waals surface area contributed by atoms with Crippen molar-refractivity contribution in [1.29, 1.82) is 0 Å². The van der Waals surface area contributed by atoms with E-state index in [4.69, 9.17) is 0 Å². The third-order valence-corrected chi connectivity index (χ3v) is 3.22. The lowest BCUT2D eigenvalue weighted by Gasteiger charge is -2.27. The first kappa shape index (κ1) is 15.0. The highest BCUT2D eigenvalue weighted by Gasteiger charge is 2.15. The van der Waals surface area contributed by atoms with Crippen molar-refractivity contribution in [2.45, 2.75) is 19.8 Å². The molecule has 1 aliphatic rings. The fourth-order valence-corrected chi connectivity index (χ4v) is 2.08. The Morgan fingerprint density at radius 2 is 1.83 bits per heavy atom. The van der Waals surface area contributed by atoms with Crippen molar-refractivity contribution in [2.75, 3.05) is 26.2 Å². The minimum atomic E-state index is 0. The molecule has 0 atom stereocenters. The maximum atomic E-state index is 11.9. The van der Waals surface area contributed by atoms with E-state index in [1.807, 2.05) is 4.90 Å². The van der Waals surface area contributed by atoms with Crippen LogP contribution in [0.5, 0.6) is 0 Å². The second-order valence-corrected chi connectivity index (χ2v) is 4.62. The Bertz CT molecular complexity index is 372. The first-order valence-electron chi connectivity index (χ1n) is 6.30. The fourth-order valence-electron chi connectivity index (χ4n) is 2.08. The van der Waals surface area contributed by atoms with E-state index in [2.05, 4.69) is 36.5 Å². The van der Waals surface area contributed by atoms with Crippen LogP contribution in [-0.2, 0) is 11.2 Å². The highest BCUT2D eigenvalue weighted by molar-refractivity contribution is 5.85. The molecule has 0 aliphatic carbocycles. The standard InChI is InChI=1S/C14H20N2O.ClH/c1-12-2-4-13(5-3-12)6-7-14(17)16-10-8-15-9-11-16;/h2-5,15H,6-11H2,1H3;1H. The quantitative estimate of drug-likeness (QED) is 0.906.